The first-order valence-electron chi connectivity index (χ1n) is 7.84. The summed E-state index contributed by atoms with van der Waals surface area (Å²) in [6.07, 6.45) is 0. The summed E-state index contributed by atoms with van der Waals surface area (Å²) < 4.78 is 2.23. The first-order chi connectivity index (χ1) is 11.7. The lowest BCUT2D eigenvalue weighted by Crippen LogP contribution is -1.83. The van der Waals surface area contributed by atoms with E-state index in [1.807, 2.05) is 0 Å². The lowest BCUT2D eigenvalue weighted by atomic mass is 9.94. The van der Waals surface area contributed by atoms with Gasteiger partial charge in [-0.15, -0.1) is 0 Å². The van der Waals surface area contributed by atoms with Crippen molar-refractivity contribution in [2.45, 2.75) is 0 Å². The van der Waals surface area contributed by atoms with Crippen molar-refractivity contribution in [2.75, 3.05) is 0 Å². The predicted molar refractivity (Wildman–Crippen MR) is 112 cm³/mol. The maximum atomic E-state index is 3.57. The predicted octanol–water partition coefficient (Wildman–Crippen LogP) is 7.82. The summed E-state index contributed by atoms with van der Waals surface area (Å²) in [6, 6.07) is 26.4. The van der Waals surface area contributed by atoms with Crippen molar-refractivity contribution in [1.82, 2.24) is 0 Å². The molecule has 0 nitrogen and oxygen atoms in total. The molecule has 2 heteroatoms. The molecule has 0 spiro atoms. The SMILES string of the molecule is Brc1ccc2c(ccc3c2ccc2c4ccc(Br)cc4ccc23)c1. The average Bonchev–Trinajstić information content (AvgIpc) is 2.60. The maximum absolute atomic E-state index is 3.57. The maximum Gasteiger partial charge on any atom is 0.0181 e. The fourth-order valence-corrected chi connectivity index (χ4v) is 4.40. The molecule has 0 atom stereocenters. The standard InChI is InChI=1S/C22H12Br2/c23-15-3-7-17-13(11-15)1-5-21-19(17)9-10-20-18-8-4-16(24)12-14(18)2-6-22(20)21/h1-12H. The van der Waals surface area contributed by atoms with Crippen molar-refractivity contribution in [3.8, 4) is 0 Å². The quantitative estimate of drug-likeness (QED) is 0.217. The smallest absolute Gasteiger partial charge is 0.0181 e. The van der Waals surface area contributed by atoms with E-state index in [1.54, 1.807) is 0 Å². The van der Waals surface area contributed by atoms with Gasteiger partial charge < -0.3 is 0 Å². The van der Waals surface area contributed by atoms with Gasteiger partial charge in [0.05, 0.1) is 0 Å². The highest BCUT2D eigenvalue weighted by Gasteiger charge is 2.07. The Bertz CT molecular complexity index is 1170. The molecule has 0 N–H and O–H groups in total. The van der Waals surface area contributed by atoms with Crippen molar-refractivity contribution in [3.05, 3.63) is 81.7 Å². The highest BCUT2D eigenvalue weighted by atomic mass is 79.9. The van der Waals surface area contributed by atoms with E-state index in [0.717, 1.165) is 8.95 Å². The van der Waals surface area contributed by atoms with Crippen LogP contribution < -0.4 is 0 Å². The lowest BCUT2D eigenvalue weighted by molar-refractivity contribution is 1.72. The molecule has 24 heavy (non-hydrogen) atoms. The summed E-state index contributed by atoms with van der Waals surface area (Å²) in [4.78, 5) is 0. The zero-order valence-electron chi connectivity index (χ0n) is 12.7. The van der Waals surface area contributed by atoms with Crippen molar-refractivity contribution >= 4 is 74.9 Å². The molecule has 0 radical (unpaired) electrons. The molecular formula is C22H12Br2. The van der Waals surface area contributed by atoms with Gasteiger partial charge in [0.15, 0.2) is 0 Å². The third kappa shape index (κ3) is 2.10. The normalized spacial score (nSPS) is 11.8. The Hall–Kier alpha value is -1.90. The zero-order chi connectivity index (χ0) is 16.3. The topological polar surface area (TPSA) is 0 Å². The second kappa shape index (κ2) is 5.30. The highest BCUT2D eigenvalue weighted by Crippen LogP contribution is 2.35. The Kier molecular flexibility index (Phi) is 3.19. The molecule has 0 saturated heterocycles. The summed E-state index contributed by atoms with van der Waals surface area (Å²) in [5, 5.41) is 10.4. The van der Waals surface area contributed by atoms with E-state index >= 15 is 0 Å². The van der Waals surface area contributed by atoms with E-state index in [2.05, 4.69) is 105 Å². The fourth-order valence-electron chi connectivity index (χ4n) is 3.64. The second-order valence-electron chi connectivity index (χ2n) is 6.12. The number of rotatable bonds is 0. The van der Waals surface area contributed by atoms with Gasteiger partial charge in [0, 0.05) is 8.95 Å². The van der Waals surface area contributed by atoms with Gasteiger partial charge in [-0.3, -0.25) is 0 Å². The van der Waals surface area contributed by atoms with E-state index in [4.69, 9.17) is 0 Å². The van der Waals surface area contributed by atoms with Gasteiger partial charge in [-0.25, -0.2) is 0 Å². The van der Waals surface area contributed by atoms with Gasteiger partial charge in [-0.2, -0.15) is 0 Å². The first kappa shape index (κ1) is 14.4. The molecule has 0 aliphatic carbocycles. The number of halogens is 2. The average molecular weight is 436 g/mol. The van der Waals surface area contributed by atoms with Gasteiger partial charge in [0.1, 0.15) is 0 Å². The minimum Gasteiger partial charge on any atom is -0.0537 e. The van der Waals surface area contributed by atoms with Gasteiger partial charge in [0.2, 0.25) is 0 Å². The molecule has 0 amide bonds. The van der Waals surface area contributed by atoms with Gasteiger partial charge in [-0.1, -0.05) is 80.4 Å². The number of benzene rings is 5. The number of hydrogen-bond donors (Lipinski definition) is 0. The highest BCUT2D eigenvalue weighted by molar-refractivity contribution is 9.10. The molecule has 0 aliphatic heterocycles. The van der Waals surface area contributed by atoms with E-state index in [9.17, 15) is 0 Å². The van der Waals surface area contributed by atoms with Crippen molar-refractivity contribution in [1.29, 1.82) is 0 Å². The van der Waals surface area contributed by atoms with Crippen LogP contribution in [0, 0.1) is 0 Å². The van der Waals surface area contributed by atoms with Crippen LogP contribution in [-0.2, 0) is 0 Å². The van der Waals surface area contributed by atoms with Crippen LogP contribution in [0.4, 0.5) is 0 Å². The summed E-state index contributed by atoms with van der Waals surface area (Å²) in [5.41, 5.74) is 0. The van der Waals surface area contributed by atoms with E-state index < -0.39 is 0 Å². The van der Waals surface area contributed by atoms with Crippen LogP contribution in [0.3, 0.4) is 0 Å². The summed E-state index contributed by atoms with van der Waals surface area (Å²) in [6.45, 7) is 0. The monoisotopic (exact) mass is 434 g/mol. The Morgan fingerprint density at radius 1 is 0.375 bits per heavy atom. The molecule has 0 saturated carbocycles. The van der Waals surface area contributed by atoms with Crippen LogP contribution >= 0.6 is 31.9 Å². The molecule has 0 aliphatic rings. The molecule has 0 aromatic heterocycles. The van der Waals surface area contributed by atoms with Crippen LogP contribution in [0.1, 0.15) is 0 Å². The van der Waals surface area contributed by atoms with Gasteiger partial charge >= 0.3 is 0 Å². The third-order valence-electron chi connectivity index (χ3n) is 4.75. The largest absolute Gasteiger partial charge is 0.0537 e. The molecule has 5 aromatic carbocycles. The molecular weight excluding hydrogens is 424 g/mol. The molecule has 5 aromatic rings. The van der Waals surface area contributed by atoms with Gasteiger partial charge in [-0.05, 0) is 67.4 Å². The summed E-state index contributed by atoms with van der Waals surface area (Å²) >= 11 is 7.13. The number of fused-ring (bicyclic) bond motifs is 7. The van der Waals surface area contributed by atoms with Crippen molar-refractivity contribution in [2.24, 2.45) is 0 Å². The Morgan fingerprint density at radius 2 is 0.708 bits per heavy atom. The first-order valence-corrected chi connectivity index (χ1v) is 9.42. The van der Waals surface area contributed by atoms with E-state index in [-0.39, 0.29) is 0 Å². The van der Waals surface area contributed by atoms with Crippen molar-refractivity contribution in [3.63, 3.8) is 0 Å². The van der Waals surface area contributed by atoms with Crippen LogP contribution in [0.2, 0.25) is 0 Å². The summed E-state index contributed by atoms with van der Waals surface area (Å²) in [5.74, 6) is 0. The van der Waals surface area contributed by atoms with E-state index in [1.165, 1.54) is 43.1 Å². The van der Waals surface area contributed by atoms with Crippen LogP contribution in [0.25, 0.3) is 43.1 Å². The zero-order valence-corrected chi connectivity index (χ0v) is 15.9. The van der Waals surface area contributed by atoms with Gasteiger partial charge in [0.25, 0.3) is 0 Å². The third-order valence-corrected chi connectivity index (χ3v) is 5.74. The molecule has 114 valence electrons. The molecule has 0 fully saturated rings. The summed E-state index contributed by atoms with van der Waals surface area (Å²) in [7, 11) is 0. The van der Waals surface area contributed by atoms with Crippen molar-refractivity contribution < 1.29 is 0 Å². The van der Waals surface area contributed by atoms with Crippen LogP contribution in [0.5, 0.6) is 0 Å². The minimum absolute atomic E-state index is 1.12. The Morgan fingerprint density at radius 3 is 1.17 bits per heavy atom. The lowest BCUT2D eigenvalue weighted by Gasteiger charge is -2.10. The Balaban J connectivity index is 1.97. The number of hydrogen-bond acceptors (Lipinski definition) is 0. The Labute approximate surface area is 156 Å². The minimum atomic E-state index is 1.12. The molecule has 0 unspecified atom stereocenters. The van der Waals surface area contributed by atoms with Crippen LogP contribution in [-0.4, -0.2) is 0 Å². The molecule has 0 bridgehead atoms. The van der Waals surface area contributed by atoms with E-state index in [0.29, 0.717) is 0 Å². The van der Waals surface area contributed by atoms with Crippen LogP contribution in [0.15, 0.2) is 81.7 Å². The fraction of sp³-hybridized carbons (Fsp3) is 0. The molecule has 0 heterocycles. The molecule has 5 rings (SSSR count). The second-order valence-corrected chi connectivity index (χ2v) is 7.95.